The molecule has 1 aliphatic heterocycles. The van der Waals surface area contributed by atoms with E-state index in [1.54, 1.807) is 0 Å². The van der Waals surface area contributed by atoms with Crippen molar-refractivity contribution in [2.24, 2.45) is 0 Å². The number of aliphatic hydroxyl groups is 4. The maximum absolute atomic E-state index is 12.9. The number of rotatable bonds is 51. The van der Waals surface area contributed by atoms with Crippen molar-refractivity contribution in [2.75, 3.05) is 26.4 Å². The predicted octanol–water partition coefficient (Wildman–Crippen LogP) is 15.4. The monoisotopic (exact) mass is 987 g/mol. The summed E-state index contributed by atoms with van der Waals surface area (Å²) >= 11 is 0. The van der Waals surface area contributed by atoms with Gasteiger partial charge in [-0.2, -0.15) is 0 Å². The summed E-state index contributed by atoms with van der Waals surface area (Å²) in [5.74, 6) is -0.313. The Kier molecular flexibility index (Phi) is 48.7. The van der Waals surface area contributed by atoms with Crippen molar-refractivity contribution in [1.82, 2.24) is 0 Å². The van der Waals surface area contributed by atoms with E-state index >= 15 is 0 Å². The minimum Gasteiger partial charge on any atom is -0.457 e. The normalized spacial score (nSPS) is 19.3. The average molecular weight is 988 g/mol. The Balaban J connectivity index is 2.15. The molecule has 0 aromatic heterocycles. The van der Waals surface area contributed by atoms with Crippen LogP contribution >= 0.6 is 0 Å². The lowest BCUT2D eigenvalue weighted by atomic mass is 9.99. The molecule has 9 nitrogen and oxygen atoms in total. The lowest BCUT2D eigenvalue weighted by Crippen LogP contribution is -2.59. The van der Waals surface area contributed by atoms with Gasteiger partial charge in [0.05, 0.1) is 19.8 Å². The average Bonchev–Trinajstić information content (AvgIpc) is 3.36. The summed E-state index contributed by atoms with van der Waals surface area (Å²) in [7, 11) is 0. The molecule has 1 saturated heterocycles. The van der Waals surface area contributed by atoms with Crippen molar-refractivity contribution in [3.05, 3.63) is 60.8 Å². The third kappa shape index (κ3) is 41.4. The van der Waals surface area contributed by atoms with Gasteiger partial charge in [-0.15, -0.1) is 0 Å². The molecular formula is C61H110O9. The van der Waals surface area contributed by atoms with Crippen molar-refractivity contribution >= 4 is 5.97 Å². The molecule has 0 aromatic carbocycles. The van der Waals surface area contributed by atoms with E-state index in [9.17, 15) is 25.2 Å². The predicted molar refractivity (Wildman–Crippen MR) is 293 cm³/mol. The van der Waals surface area contributed by atoms with Gasteiger partial charge >= 0.3 is 5.97 Å². The first-order valence-electron chi connectivity index (χ1n) is 29.4. The van der Waals surface area contributed by atoms with Gasteiger partial charge in [-0.05, 0) is 77.0 Å². The van der Waals surface area contributed by atoms with Crippen LogP contribution in [0, 0.1) is 0 Å². The van der Waals surface area contributed by atoms with Crippen LogP contribution in [-0.2, 0) is 23.7 Å². The molecule has 0 aromatic rings. The first-order valence-corrected chi connectivity index (χ1v) is 29.4. The van der Waals surface area contributed by atoms with Crippen LogP contribution < -0.4 is 0 Å². The number of esters is 1. The number of allylic oxidation sites excluding steroid dienone is 10. The van der Waals surface area contributed by atoms with E-state index in [-0.39, 0.29) is 19.2 Å². The third-order valence-electron chi connectivity index (χ3n) is 13.4. The lowest BCUT2D eigenvalue weighted by molar-refractivity contribution is -0.305. The van der Waals surface area contributed by atoms with Gasteiger partial charge in [0, 0.05) is 13.0 Å². The zero-order valence-electron chi connectivity index (χ0n) is 45.3. The van der Waals surface area contributed by atoms with Gasteiger partial charge in [0.15, 0.2) is 6.29 Å². The second-order valence-electron chi connectivity index (χ2n) is 20.1. The van der Waals surface area contributed by atoms with Gasteiger partial charge in [-0.3, -0.25) is 4.79 Å². The molecule has 1 aliphatic rings. The zero-order chi connectivity index (χ0) is 50.6. The SMILES string of the molecule is CC/C=C\C/C=C\C/C=C\C/C=C\CCCCCCCCCCCCCOCC(COC1OC(CO)C(O)C(O)C1O)OC(=O)CCCCCCCCCCCCC/C=C\CCCCCCCCCC. The molecule has 0 saturated carbocycles. The van der Waals surface area contributed by atoms with Crippen molar-refractivity contribution in [3.63, 3.8) is 0 Å². The maximum Gasteiger partial charge on any atom is 0.306 e. The Labute approximate surface area is 430 Å². The van der Waals surface area contributed by atoms with Gasteiger partial charge < -0.3 is 39.4 Å². The summed E-state index contributed by atoms with van der Waals surface area (Å²) in [6, 6.07) is 0. The Morgan fingerprint density at radius 1 is 0.471 bits per heavy atom. The largest absolute Gasteiger partial charge is 0.457 e. The highest BCUT2D eigenvalue weighted by Gasteiger charge is 2.44. The number of aliphatic hydroxyl groups excluding tert-OH is 4. The van der Waals surface area contributed by atoms with Crippen LogP contribution in [0.2, 0.25) is 0 Å². The molecule has 9 heteroatoms. The van der Waals surface area contributed by atoms with Gasteiger partial charge in [0.1, 0.15) is 30.5 Å². The van der Waals surface area contributed by atoms with E-state index in [1.165, 1.54) is 180 Å². The van der Waals surface area contributed by atoms with Crippen molar-refractivity contribution in [3.8, 4) is 0 Å². The Morgan fingerprint density at radius 3 is 1.33 bits per heavy atom. The Bertz CT molecular complexity index is 1260. The minimum atomic E-state index is -1.54. The summed E-state index contributed by atoms with van der Waals surface area (Å²) in [4.78, 5) is 12.9. The summed E-state index contributed by atoms with van der Waals surface area (Å²) < 4.78 is 23.0. The zero-order valence-corrected chi connectivity index (χ0v) is 45.3. The lowest BCUT2D eigenvalue weighted by Gasteiger charge is -2.39. The molecule has 6 atom stereocenters. The van der Waals surface area contributed by atoms with Crippen molar-refractivity contribution in [1.29, 1.82) is 0 Å². The summed E-state index contributed by atoms with van der Waals surface area (Å²) in [5.41, 5.74) is 0. The van der Waals surface area contributed by atoms with E-state index in [1.807, 2.05) is 0 Å². The number of carbonyl (C=O) groups is 1. The topological polar surface area (TPSA) is 135 Å². The quantitative estimate of drug-likeness (QED) is 0.0267. The molecule has 4 N–H and O–H groups in total. The van der Waals surface area contributed by atoms with Crippen LogP contribution in [0.15, 0.2) is 60.8 Å². The number of ether oxygens (including phenoxy) is 4. The van der Waals surface area contributed by atoms with Crippen LogP contribution in [0.3, 0.4) is 0 Å². The molecule has 1 fully saturated rings. The molecule has 0 spiro atoms. The molecule has 6 unspecified atom stereocenters. The maximum atomic E-state index is 12.9. The van der Waals surface area contributed by atoms with Crippen LogP contribution in [0.4, 0.5) is 0 Å². The fourth-order valence-corrected chi connectivity index (χ4v) is 8.89. The van der Waals surface area contributed by atoms with Crippen LogP contribution in [-0.4, -0.2) is 89.6 Å². The third-order valence-corrected chi connectivity index (χ3v) is 13.4. The second kappa shape index (κ2) is 51.8. The Morgan fingerprint density at radius 2 is 0.871 bits per heavy atom. The molecule has 1 rings (SSSR count). The standard InChI is InChI=1S/C61H110O9/c1-3-5-7-9-11-13-15-17-19-21-23-25-27-29-31-33-35-37-39-41-43-45-47-49-51-67-53-55(54-68-61-60(66)59(65)58(64)56(52-62)70-61)69-57(63)50-48-46-44-42-40-38-36-34-32-30-28-26-24-22-20-18-16-14-12-10-8-6-4-2/h5,7,11,13,17,19,22-25,55-56,58-62,64-66H,3-4,6,8-10,12,14-16,18,20-21,26-54H2,1-2H3/b7-5-,13-11-,19-17-,24-22-,25-23-. The molecule has 1 heterocycles. The second-order valence-corrected chi connectivity index (χ2v) is 20.1. The summed E-state index contributed by atoms with van der Waals surface area (Å²) in [5, 5.41) is 40.4. The highest BCUT2D eigenvalue weighted by Crippen LogP contribution is 2.23. The van der Waals surface area contributed by atoms with Gasteiger partial charge in [0.25, 0.3) is 0 Å². The summed E-state index contributed by atoms with van der Waals surface area (Å²) in [6.07, 6.45) is 61.2. The number of hydrogen-bond donors (Lipinski definition) is 4. The highest BCUT2D eigenvalue weighted by atomic mass is 16.7. The molecule has 0 bridgehead atoms. The van der Waals surface area contributed by atoms with Crippen LogP contribution in [0.25, 0.3) is 0 Å². The van der Waals surface area contributed by atoms with Crippen LogP contribution in [0.5, 0.6) is 0 Å². The van der Waals surface area contributed by atoms with Gasteiger partial charge in [0.2, 0.25) is 0 Å². The molecule has 0 amide bonds. The number of hydrogen-bond acceptors (Lipinski definition) is 9. The highest BCUT2D eigenvalue weighted by molar-refractivity contribution is 5.69. The van der Waals surface area contributed by atoms with E-state index in [2.05, 4.69) is 74.6 Å². The molecule has 70 heavy (non-hydrogen) atoms. The molecule has 0 radical (unpaired) electrons. The molecular weight excluding hydrogens is 877 g/mol. The van der Waals surface area contributed by atoms with E-state index in [0.29, 0.717) is 13.0 Å². The number of unbranched alkanes of at least 4 members (excludes halogenated alkanes) is 30. The minimum absolute atomic E-state index is 0.115. The Hall–Kier alpha value is -2.11. The fraction of sp³-hybridized carbons (Fsp3) is 0.820. The van der Waals surface area contributed by atoms with Gasteiger partial charge in [-0.25, -0.2) is 0 Å². The summed E-state index contributed by atoms with van der Waals surface area (Å²) in [6.45, 7) is 4.47. The van der Waals surface area contributed by atoms with E-state index in [4.69, 9.17) is 18.9 Å². The van der Waals surface area contributed by atoms with Crippen molar-refractivity contribution in [2.45, 2.75) is 295 Å². The first-order chi connectivity index (χ1) is 34.4. The first kappa shape index (κ1) is 65.9. The van der Waals surface area contributed by atoms with Crippen molar-refractivity contribution < 1.29 is 44.2 Å². The van der Waals surface area contributed by atoms with E-state index < -0.39 is 43.4 Å². The van der Waals surface area contributed by atoms with Gasteiger partial charge in [-0.1, -0.05) is 235 Å². The number of carbonyl (C=O) groups excluding carboxylic acids is 1. The van der Waals surface area contributed by atoms with Crippen LogP contribution in [0.1, 0.15) is 258 Å². The fourth-order valence-electron chi connectivity index (χ4n) is 8.89. The van der Waals surface area contributed by atoms with E-state index in [0.717, 1.165) is 57.8 Å². The smallest absolute Gasteiger partial charge is 0.306 e. The molecule has 0 aliphatic carbocycles. The molecule has 408 valence electrons.